The maximum absolute atomic E-state index is 12.5. The monoisotopic (exact) mass is 378 g/mol. The van der Waals surface area contributed by atoms with Gasteiger partial charge in [-0.15, -0.1) is 0 Å². The highest BCUT2D eigenvalue weighted by Crippen LogP contribution is 2.23. The molecule has 2 aromatic carbocycles. The first kappa shape index (κ1) is 20.7. The average molecular weight is 378 g/mol. The SMILES string of the molecule is CCOc1cc(NC(C)=O)ccc1C(=O)NN[C@H](C#N)/C=C/c1ccccc1. The predicted octanol–water partition coefficient (Wildman–Crippen LogP) is 2.88. The summed E-state index contributed by atoms with van der Waals surface area (Å²) in [5.41, 5.74) is 6.96. The Kier molecular flexibility index (Phi) is 7.76. The molecule has 3 N–H and O–H groups in total. The quantitative estimate of drug-likeness (QED) is 0.613. The third kappa shape index (κ3) is 6.27. The van der Waals surface area contributed by atoms with Gasteiger partial charge in [0.2, 0.25) is 5.91 Å². The molecule has 7 nitrogen and oxygen atoms in total. The van der Waals surface area contributed by atoms with Crippen LogP contribution < -0.4 is 20.9 Å². The van der Waals surface area contributed by atoms with Crippen LogP contribution in [0.4, 0.5) is 5.69 Å². The molecule has 2 rings (SSSR count). The Morgan fingerprint density at radius 1 is 1.21 bits per heavy atom. The Labute approximate surface area is 164 Å². The van der Waals surface area contributed by atoms with Crippen LogP contribution in [0.1, 0.15) is 29.8 Å². The number of hydrazine groups is 1. The lowest BCUT2D eigenvalue weighted by atomic mass is 10.1. The largest absolute Gasteiger partial charge is 0.493 e. The second-order valence-corrected chi connectivity index (χ2v) is 5.80. The summed E-state index contributed by atoms with van der Waals surface area (Å²) in [5.74, 6) is -0.337. The minimum absolute atomic E-state index is 0.219. The molecule has 0 aliphatic carbocycles. The van der Waals surface area contributed by atoms with Gasteiger partial charge in [-0.05, 0) is 24.6 Å². The van der Waals surface area contributed by atoms with Crippen LogP contribution in [0.15, 0.2) is 54.6 Å². The number of amides is 2. The summed E-state index contributed by atoms with van der Waals surface area (Å²) in [7, 11) is 0. The van der Waals surface area contributed by atoms with Crippen LogP contribution in [0.3, 0.4) is 0 Å². The summed E-state index contributed by atoms with van der Waals surface area (Å²) in [6.45, 7) is 3.55. The van der Waals surface area contributed by atoms with Crippen molar-refractivity contribution in [3.05, 3.63) is 65.7 Å². The van der Waals surface area contributed by atoms with Crippen molar-refractivity contribution in [1.82, 2.24) is 10.9 Å². The molecule has 0 saturated heterocycles. The van der Waals surface area contributed by atoms with Crippen LogP contribution in [0.25, 0.3) is 6.08 Å². The van der Waals surface area contributed by atoms with E-state index in [1.807, 2.05) is 30.3 Å². The van der Waals surface area contributed by atoms with Crippen molar-refractivity contribution in [2.45, 2.75) is 19.9 Å². The Balaban J connectivity index is 2.05. The number of benzene rings is 2. The fourth-order valence-corrected chi connectivity index (χ4v) is 2.37. The molecule has 2 aromatic rings. The first-order valence-electron chi connectivity index (χ1n) is 8.76. The molecular formula is C21H22N4O3. The molecule has 2 amide bonds. The molecule has 7 heteroatoms. The number of nitrogens with one attached hydrogen (secondary N) is 3. The molecule has 0 unspecified atom stereocenters. The van der Waals surface area contributed by atoms with Gasteiger partial charge in [0.25, 0.3) is 5.91 Å². The molecule has 0 aliphatic rings. The van der Waals surface area contributed by atoms with Crippen LogP contribution in [-0.4, -0.2) is 24.5 Å². The van der Waals surface area contributed by atoms with Crippen molar-refractivity contribution in [3.8, 4) is 11.8 Å². The highest BCUT2D eigenvalue weighted by Gasteiger charge is 2.15. The smallest absolute Gasteiger partial charge is 0.269 e. The van der Waals surface area contributed by atoms with E-state index in [1.54, 1.807) is 37.3 Å². The van der Waals surface area contributed by atoms with Gasteiger partial charge in [-0.2, -0.15) is 5.26 Å². The van der Waals surface area contributed by atoms with Gasteiger partial charge in [-0.25, -0.2) is 5.43 Å². The second-order valence-electron chi connectivity index (χ2n) is 5.80. The van der Waals surface area contributed by atoms with Gasteiger partial charge in [-0.1, -0.05) is 42.5 Å². The molecule has 0 saturated carbocycles. The standard InChI is InChI=1S/C21H22N4O3/c1-3-28-20-13-17(23-15(2)26)11-12-19(20)21(27)25-24-18(14-22)10-9-16-7-5-4-6-8-16/h4-13,18,24H,3H2,1-2H3,(H,23,26)(H,25,27)/b10-9+/t18-/m0/s1. The Hall–Kier alpha value is -3.63. The van der Waals surface area contributed by atoms with Gasteiger partial charge < -0.3 is 10.1 Å². The normalized spacial score (nSPS) is 11.5. The van der Waals surface area contributed by atoms with Crippen molar-refractivity contribution in [2.24, 2.45) is 0 Å². The van der Waals surface area contributed by atoms with Crippen molar-refractivity contribution >= 4 is 23.6 Å². The van der Waals surface area contributed by atoms with Crippen LogP contribution in [-0.2, 0) is 4.79 Å². The molecule has 0 bridgehead atoms. The molecular weight excluding hydrogens is 356 g/mol. The average Bonchev–Trinajstić information content (AvgIpc) is 2.68. The minimum atomic E-state index is -0.710. The van der Waals surface area contributed by atoms with Crippen LogP contribution in [0, 0.1) is 11.3 Å². The molecule has 144 valence electrons. The maximum Gasteiger partial charge on any atom is 0.269 e. The summed E-state index contributed by atoms with van der Waals surface area (Å²) < 4.78 is 5.50. The van der Waals surface area contributed by atoms with E-state index in [2.05, 4.69) is 22.2 Å². The lowest BCUT2D eigenvalue weighted by Gasteiger charge is -2.14. The Morgan fingerprint density at radius 3 is 2.61 bits per heavy atom. The van der Waals surface area contributed by atoms with Crippen LogP contribution in [0.5, 0.6) is 5.75 Å². The summed E-state index contributed by atoms with van der Waals surface area (Å²) in [6.07, 6.45) is 3.44. The number of rotatable bonds is 8. The van der Waals surface area contributed by atoms with E-state index in [1.165, 1.54) is 6.92 Å². The summed E-state index contributed by atoms with van der Waals surface area (Å²) in [6, 6.07) is 15.6. The molecule has 1 atom stereocenters. The molecule has 0 fully saturated rings. The molecule has 0 heterocycles. The van der Waals surface area contributed by atoms with E-state index < -0.39 is 11.9 Å². The van der Waals surface area contributed by atoms with E-state index >= 15 is 0 Å². The molecule has 0 aromatic heterocycles. The number of nitrogens with zero attached hydrogens (tertiary/aromatic N) is 1. The zero-order valence-electron chi connectivity index (χ0n) is 15.7. The third-order valence-electron chi connectivity index (χ3n) is 3.61. The summed E-state index contributed by atoms with van der Waals surface area (Å²) >= 11 is 0. The van der Waals surface area contributed by atoms with E-state index in [0.29, 0.717) is 18.0 Å². The minimum Gasteiger partial charge on any atom is -0.493 e. The van der Waals surface area contributed by atoms with Gasteiger partial charge in [0.05, 0.1) is 18.2 Å². The van der Waals surface area contributed by atoms with Gasteiger partial charge >= 0.3 is 0 Å². The topological polar surface area (TPSA) is 103 Å². The fraction of sp³-hybridized carbons (Fsp3) is 0.190. The zero-order valence-corrected chi connectivity index (χ0v) is 15.7. The zero-order chi connectivity index (χ0) is 20.4. The van der Waals surface area contributed by atoms with Crippen LogP contribution >= 0.6 is 0 Å². The number of carbonyl (C=O) groups is 2. The predicted molar refractivity (Wildman–Crippen MR) is 107 cm³/mol. The highest BCUT2D eigenvalue weighted by molar-refractivity contribution is 5.98. The lowest BCUT2D eigenvalue weighted by molar-refractivity contribution is -0.114. The number of nitriles is 1. The molecule has 0 aliphatic heterocycles. The highest BCUT2D eigenvalue weighted by atomic mass is 16.5. The Bertz CT molecular complexity index is 888. The first-order valence-corrected chi connectivity index (χ1v) is 8.76. The van der Waals surface area contributed by atoms with Crippen molar-refractivity contribution in [3.63, 3.8) is 0 Å². The van der Waals surface area contributed by atoms with Gasteiger partial charge in [-0.3, -0.25) is 15.0 Å². The molecule has 28 heavy (non-hydrogen) atoms. The number of hydrogen-bond acceptors (Lipinski definition) is 5. The number of anilines is 1. The summed E-state index contributed by atoms with van der Waals surface area (Å²) in [4.78, 5) is 23.7. The van der Waals surface area contributed by atoms with E-state index in [9.17, 15) is 14.9 Å². The van der Waals surface area contributed by atoms with E-state index in [0.717, 1.165) is 5.56 Å². The van der Waals surface area contributed by atoms with Crippen molar-refractivity contribution in [2.75, 3.05) is 11.9 Å². The second kappa shape index (κ2) is 10.5. The van der Waals surface area contributed by atoms with Crippen molar-refractivity contribution in [1.29, 1.82) is 5.26 Å². The lowest BCUT2D eigenvalue weighted by Crippen LogP contribution is -2.43. The van der Waals surface area contributed by atoms with E-state index in [-0.39, 0.29) is 11.5 Å². The van der Waals surface area contributed by atoms with Crippen LogP contribution in [0.2, 0.25) is 0 Å². The fourth-order valence-electron chi connectivity index (χ4n) is 2.37. The molecule has 0 radical (unpaired) electrons. The van der Waals surface area contributed by atoms with Gasteiger partial charge in [0.1, 0.15) is 11.8 Å². The third-order valence-corrected chi connectivity index (χ3v) is 3.61. The molecule has 0 spiro atoms. The number of carbonyl (C=O) groups excluding carboxylic acids is 2. The first-order chi connectivity index (χ1) is 13.5. The number of hydrogen-bond donors (Lipinski definition) is 3. The Morgan fingerprint density at radius 2 is 1.96 bits per heavy atom. The van der Waals surface area contributed by atoms with E-state index in [4.69, 9.17) is 4.74 Å². The van der Waals surface area contributed by atoms with Gasteiger partial charge in [0, 0.05) is 18.7 Å². The summed E-state index contributed by atoms with van der Waals surface area (Å²) in [5, 5.41) is 11.9. The van der Waals surface area contributed by atoms with Crippen molar-refractivity contribution < 1.29 is 14.3 Å². The number of ether oxygens (including phenoxy) is 1. The van der Waals surface area contributed by atoms with Gasteiger partial charge in [0.15, 0.2) is 0 Å². The maximum atomic E-state index is 12.5.